The number of nitrogens with one attached hydrogen (secondary N) is 1. The summed E-state index contributed by atoms with van der Waals surface area (Å²) in [5.41, 5.74) is 4.13. The maximum atomic E-state index is 13.9. The van der Waals surface area contributed by atoms with Crippen LogP contribution in [0.5, 0.6) is 0 Å². The summed E-state index contributed by atoms with van der Waals surface area (Å²) >= 11 is 1.44. The fourth-order valence-corrected chi connectivity index (χ4v) is 4.66. The molecule has 0 aliphatic heterocycles. The molecule has 2 aromatic carbocycles. The molecule has 4 rings (SSSR count). The lowest BCUT2D eigenvalue weighted by molar-refractivity contribution is -0.127. The zero-order chi connectivity index (χ0) is 24.1. The van der Waals surface area contributed by atoms with E-state index in [1.165, 1.54) is 11.3 Å². The molecule has 2 aromatic heterocycles. The zero-order valence-corrected chi connectivity index (χ0v) is 20.2. The van der Waals surface area contributed by atoms with Crippen molar-refractivity contribution >= 4 is 39.9 Å². The van der Waals surface area contributed by atoms with E-state index >= 15 is 0 Å². The average molecular weight is 478 g/mol. The predicted octanol–water partition coefficient (Wildman–Crippen LogP) is 3.65. The number of nitrogens with zero attached hydrogens (tertiary/aromatic N) is 4. The summed E-state index contributed by atoms with van der Waals surface area (Å²) < 4.78 is 6.66. The predicted molar refractivity (Wildman–Crippen MR) is 133 cm³/mol. The summed E-state index contributed by atoms with van der Waals surface area (Å²) in [6.07, 6.45) is 0. The van der Waals surface area contributed by atoms with E-state index in [4.69, 9.17) is 4.74 Å². The first-order valence-electron chi connectivity index (χ1n) is 11.0. The number of methoxy groups -OCH3 is 1. The molecule has 176 valence electrons. The quantitative estimate of drug-likeness (QED) is 0.372. The Kier molecular flexibility index (Phi) is 7.34. The van der Waals surface area contributed by atoms with Gasteiger partial charge in [-0.25, -0.2) is 4.68 Å². The van der Waals surface area contributed by atoms with Crippen molar-refractivity contribution in [1.29, 1.82) is 0 Å². The third-order valence-corrected chi connectivity index (χ3v) is 6.66. The Morgan fingerprint density at radius 1 is 1.12 bits per heavy atom. The van der Waals surface area contributed by atoms with Crippen LogP contribution in [0.3, 0.4) is 0 Å². The van der Waals surface area contributed by atoms with Gasteiger partial charge in [-0.2, -0.15) is 0 Å². The molecular weight excluding hydrogens is 450 g/mol. The molecule has 1 atom stereocenters. The van der Waals surface area contributed by atoms with Crippen LogP contribution in [0.1, 0.15) is 22.0 Å². The van der Waals surface area contributed by atoms with Gasteiger partial charge in [0, 0.05) is 24.2 Å². The molecule has 0 spiro atoms. The number of carbonyl (C=O) groups is 2. The van der Waals surface area contributed by atoms with Crippen LogP contribution in [0.4, 0.5) is 5.69 Å². The van der Waals surface area contributed by atoms with E-state index in [1.54, 1.807) is 16.7 Å². The molecular formula is C25H27N5O3S. The van der Waals surface area contributed by atoms with Gasteiger partial charge < -0.3 is 10.1 Å². The van der Waals surface area contributed by atoms with Crippen molar-refractivity contribution in [3.63, 3.8) is 0 Å². The summed E-state index contributed by atoms with van der Waals surface area (Å²) in [6, 6.07) is 16.2. The molecule has 0 aliphatic rings. The molecule has 0 saturated carbocycles. The van der Waals surface area contributed by atoms with Crippen molar-refractivity contribution in [1.82, 2.24) is 20.3 Å². The molecule has 34 heavy (non-hydrogen) atoms. The lowest BCUT2D eigenvalue weighted by Crippen LogP contribution is -2.46. The van der Waals surface area contributed by atoms with E-state index in [1.807, 2.05) is 73.8 Å². The topological polar surface area (TPSA) is 89.4 Å². The van der Waals surface area contributed by atoms with Crippen LogP contribution < -0.4 is 10.2 Å². The second kappa shape index (κ2) is 10.6. The first-order valence-corrected chi connectivity index (χ1v) is 11.9. The molecule has 0 bridgehead atoms. The fourth-order valence-electron chi connectivity index (χ4n) is 3.85. The largest absolute Gasteiger partial charge is 0.383 e. The number of aryl methyl sites for hydroxylation is 1. The number of carbonyl (C=O) groups excluding carboxylic acids is 2. The van der Waals surface area contributed by atoms with E-state index in [-0.39, 0.29) is 18.4 Å². The van der Waals surface area contributed by atoms with Crippen LogP contribution in [0.15, 0.2) is 60.0 Å². The van der Waals surface area contributed by atoms with Crippen molar-refractivity contribution in [3.05, 3.63) is 76.0 Å². The van der Waals surface area contributed by atoms with Crippen molar-refractivity contribution in [2.24, 2.45) is 0 Å². The summed E-state index contributed by atoms with van der Waals surface area (Å²) in [4.78, 5) is 29.7. The number of benzene rings is 2. The van der Waals surface area contributed by atoms with E-state index in [0.29, 0.717) is 24.4 Å². The summed E-state index contributed by atoms with van der Waals surface area (Å²) in [5, 5.41) is 13.2. The van der Waals surface area contributed by atoms with Crippen LogP contribution in [-0.4, -0.2) is 47.1 Å². The van der Waals surface area contributed by atoms with Crippen molar-refractivity contribution in [2.75, 3.05) is 25.2 Å². The lowest BCUT2D eigenvalue weighted by Gasteiger charge is -2.32. The Balaban J connectivity index is 1.78. The Labute approximate surface area is 202 Å². The van der Waals surface area contributed by atoms with Gasteiger partial charge >= 0.3 is 0 Å². The smallest absolute Gasteiger partial charge is 0.249 e. The summed E-state index contributed by atoms with van der Waals surface area (Å²) in [6.45, 7) is 4.63. The van der Waals surface area contributed by atoms with Crippen LogP contribution in [-0.2, 0) is 20.9 Å². The number of aromatic nitrogens is 3. The fraction of sp³-hybridized carbons (Fsp3) is 0.280. The van der Waals surface area contributed by atoms with Crippen LogP contribution >= 0.6 is 11.3 Å². The third kappa shape index (κ3) is 4.85. The van der Waals surface area contributed by atoms with E-state index < -0.39 is 6.04 Å². The zero-order valence-electron chi connectivity index (χ0n) is 19.4. The number of amides is 2. The highest BCUT2D eigenvalue weighted by atomic mass is 32.1. The van der Waals surface area contributed by atoms with Gasteiger partial charge in [0.15, 0.2) is 0 Å². The first-order chi connectivity index (χ1) is 16.5. The molecule has 2 amide bonds. The monoisotopic (exact) mass is 477 g/mol. The minimum absolute atomic E-state index is 0.0544. The Hall–Kier alpha value is -3.56. The number of rotatable bonds is 9. The van der Waals surface area contributed by atoms with Crippen molar-refractivity contribution in [3.8, 4) is 0 Å². The molecule has 9 heteroatoms. The van der Waals surface area contributed by atoms with Gasteiger partial charge in [0.25, 0.3) is 0 Å². The molecule has 0 saturated heterocycles. The number of hydrogen-bond acceptors (Lipinski definition) is 6. The Bertz CT molecular complexity index is 1280. The maximum absolute atomic E-state index is 13.9. The van der Waals surface area contributed by atoms with Gasteiger partial charge in [0.1, 0.15) is 18.1 Å². The highest BCUT2D eigenvalue weighted by molar-refractivity contribution is 7.10. The van der Waals surface area contributed by atoms with Gasteiger partial charge in [-0.15, -0.1) is 16.4 Å². The molecule has 2 heterocycles. The number of fused-ring (bicyclic) bond motifs is 1. The average Bonchev–Trinajstić information content (AvgIpc) is 3.50. The minimum atomic E-state index is -0.834. The van der Waals surface area contributed by atoms with E-state index in [0.717, 1.165) is 21.5 Å². The highest BCUT2D eigenvalue weighted by Crippen LogP contribution is 2.34. The molecule has 4 aromatic rings. The van der Waals surface area contributed by atoms with Gasteiger partial charge in [0.2, 0.25) is 11.8 Å². The number of thiophene rings is 1. The van der Waals surface area contributed by atoms with Crippen molar-refractivity contribution < 1.29 is 14.3 Å². The number of para-hydroxylation sites is 1. The van der Waals surface area contributed by atoms with Crippen LogP contribution in [0, 0.1) is 13.8 Å². The minimum Gasteiger partial charge on any atom is -0.383 e. The lowest BCUT2D eigenvalue weighted by atomic mass is 10.0. The van der Waals surface area contributed by atoms with E-state index in [9.17, 15) is 9.59 Å². The number of hydrogen-bond donors (Lipinski definition) is 1. The van der Waals surface area contributed by atoms with Gasteiger partial charge in [0.05, 0.1) is 12.1 Å². The highest BCUT2D eigenvalue weighted by Gasteiger charge is 2.34. The van der Waals surface area contributed by atoms with Crippen LogP contribution in [0.25, 0.3) is 11.0 Å². The summed E-state index contributed by atoms with van der Waals surface area (Å²) in [7, 11) is 1.58. The molecule has 0 aliphatic carbocycles. The standard InChI is InChI=1S/C25H27N5O3S/c1-17-8-6-11-20(18(17)2)30(23(31)16-29-21-10-5-4-9-19(21)27-28-29)24(22-12-7-15-34-22)25(32)26-13-14-33-3/h4-12,15,24H,13-14,16H2,1-3H3,(H,26,32)/t24-/m1/s1. The molecule has 8 nitrogen and oxygen atoms in total. The second-order valence-electron chi connectivity index (χ2n) is 7.92. The molecule has 1 N–H and O–H groups in total. The van der Waals surface area contributed by atoms with Gasteiger partial charge in [-0.05, 0) is 54.6 Å². The van der Waals surface area contributed by atoms with Crippen molar-refractivity contribution in [2.45, 2.75) is 26.4 Å². The number of ether oxygens (including phenoxy) is 1. The Morgan fingerprint density at radius 3 is 2.71 bits per heavy atom. The van der Waals surface area contributed by atoms with Gasteiger partial charge in [-0.3, -0.25) is 14.5 Å². The van der Waals surface area contributed by atoms with E-state index in [2.05, 4.69) is 15.6 Å². The third-order valence-electron chi connectivity index (χ3n) is 5.73. The molecule has 0 unspecified atom stereocenters. The van der Waals surface area contributed by atoms with Crippen LogP contribution in [0.2, 0.25) is 0 Å². The maximum Gasteiger partial charge on any atom is 0.249 e. The first kappa shape index (κ1) is 23.6. The summed E-state index contributed by atoms with van der Waals surface area (Å²) in [5.74, 6) is -0.526. The normalized spacial score (nSPS) is 12.0. The second-order valence-corrected chi connectivity index (χ2v) is 8.90. The SMILES string of the molecule is COCCNC(=O)[C@@H](c1cccs1)N(C(=O)Cn1nnc2ccccc21)c1cccc(C)c1C. The Morgan fingerprint density at radius 2 is 1.94 bits per heavy atom. The van der Waals surface area contributed by atoms with Gasteiger partial charge in [-0.1, -0.05) is 35.5 Å². The molecule has 0 radical (unpaired) electrons. The molecule has 0 fully saturated rings. The number of anilines is 1.